The first-order chi connectivity index (χ1) is 13.1. The molecule has 1 atom stereocenters. The highest BCUT2D eigenvalue weighted by Gasteiger charge is 2.28. The van der Waals surface area contributed by atoms with Crippen molar-refractivity contribution >= 4 is 35.1 Å². The van der Waals surface area contributed by atoms with Crippen LogP contribution in [0.5, 0.6) is 5.75 Å². The molecule has 7 heteroatoms. The number of H-pyrrole nitrogens is 1. The Morgan fingerprint density at radius 2 is 2.00 bits per heavy atom. The van der Waals surface area contributed by atoms with Crippen molar-refractivity contribution in [2.75, 3.05) is 11.1 Å². The summed E-state index contributed by atoms with van der Waals surface area (Å²) in [5, 5.41) is 10.8. The summed E-state index contributed by atoms with van der Waals surface area (Å²) in [5.74, 6) is 1.75. The minimum absolute atomic E-state index is 0.0325. The zero-order chi connectivity index (χ0) is 18.8. The Morgan fingerprint density at radius 1 is 1.22 bits per heavy atom. The smallest absolute Gasteiger partial charge is 0.235 e. The number of nitrogens with one attached hydrogen (secondary N) is 2. The van der Waals surface area contributed by atoms with E-state index in [9.17, 15) is 4.79 Å². The Labute approximate surface area is 166 Å². The number of hydrogen-bond acceptors (Lipinski definition) is 4. The van der Waals surface area contributed by atoms with Crippen molar-refractivity contribution < 1.29 is 9.53 Å². The number of benzene rings is 2. The molecule has 0 bridgehead atoms. The Balaban J connectivity index is 1.53. The summed E-state index contributed by atoms with van der Waals surface area (Å²) in [6.07, 6.45) is 0. The molecule has 27 heavy (non-hydrogen) atoms. The van der Waals surface area contributed by atoms with Gasteiger partial charge in [0.1, 0.15) is 12.4 Å². The number of aromatic amines is 1. The molecule has 4 rings (SSSR count). The van der Waals surface area contributed by atoms with E-state index in [1.165, 1.54) is 0 Å². The third-order valence-electron chi connectivity index (χ3n) is 4.43. The Morgan fingerprint density at radius 3 is 2.78 bits per heavy atom. The van der Waals surface area contributed by atoms with Gasteiger partial charge < -0.3 is 10.1 Å². The molecule has 1 aliphatic heterocycles. The highest BCUT2D eigenvalue weighted by Crippen LogP contribution is 2.42. The molecule has 0 fully saturated rings. The van der Waals surface area contributed by atoms with Gasteiger partial charge in [0.15, 0.2) is 5.82 Å². The number of anilines is 1. The van der Waals surface area contributed by atoms with Crippen LogP contribution < -0.4 is 10.1 Å². The Kier molecular flexibility index (Phi) is 5.09. The van der Waals surface area contributed by atoms with E-state index in [4.69, 9.17) is 16.3 Å². The van der Waals surface area contributed by atoms with E-state index in [1.807, 2.05) is 55.5 Å². The van der Waals surface area contributed by atoms with Gasteiger partial charge >= 0.3 is 0 Å². The van der Waals surface area contributed by atoms with Crippen molar-refractivity contribution in [3.63, 3.8) is 0 Å². The first-order valence-corrected chi connectivity index (χ1v) is 9.97. The molecule has 2 aromatic carbocycles. The van der Waals surface area contributed by atoms with E-state index in [0.717, 1.165) is 28.1 Å². The average Bonchev–Trinajstić information content (AvgIpc) is 2.93. The fourth-order valence-corrected chi connectivity index (χ4v) is 4.43. The molecule has 2 heterocycles. The maximum Gasteiger partial charge on any atom is 0.235 e. The molecule has 3 aromatic rings. The molecule has 0 aliphatic carbocycles. The van der Waals surface area contributed by atoms with E-state index in [1.54, 1.807) is 11.8 Å². The van der Waals surface area contributed by atoms with Crippen molar-refractivity contribution in [3.05, 3.63) is 75.9 Å². The van der Waals surface area contributed by atoms with Crippen LogP contribution in [0.1, 0.15) is 27.6 Å². The Hall–Kier alpha value is -2.44. The van der Waals surface area contributed by atoms with Crippen LogP contribution in [0.4, 0.5) is 5.82 Å². The highest BCUT2D eigenvalue weighted by atomic mass is 35.5. The molecule has 0 saturated heterocycles. The largest absolute Gasteiger partial charge is 0.489 e. The number of aryl methyl sites for hydroxylation is 1. The lowest BCUT2D eigenvalue weighted by Crippen LogP contribution is -2.12. The van der Waals surface area contributed by atoms with Crippen LogP contribution >= 0.6 is 23.4 Å². The highest BCUT2D eigenvalue weighted by molar-refractivity contribution is 8.00. The third kappa shape index (κ3) is 3.82. The minimum Gasteiger partial charge on any atom is -0.489 e. The summed E-state index contributed by atoms with van der Waals surface area (Å²) >= 11 is 7.77. The van der Waals surface area contributed by atoms with Crippen molar-refractivity contribution in [1.82, 2.24) is 10.2 Å². The number of fused-ring (bicyclic) bond motifs is 1. The minimum atomic E-state index is -0.0325. The summed E-state index contributed by atoms with van der Waals surface area (Å²) in [6.45, 7) is 2.39. The van der Waals surface area contributed by atoms with Crippen molar-refractivity contribution in [3.8, 4) is 5.75 Å². The lowest BCUT2D eigenvalue weighted by Gasteiger charge is -2.16. The fourth-order valence-electron chi connectivity index (χ4n) is 3.04. The van der Waals surface area contributed by atoms with Crippen molar-refractivity contribution in [2.45, 2.75) is 18.8 Å². The van der Waals surface area contributed by atoms with Crippen LogP contribution in [0.3, 0.4) is 0 Å². The van der Waals surface area contributed by atoms with E-state index in [-0.39, 0.29) is 11.2 Å². The molecule has 2 N–H and O–H groups in total. The number of carbonyl (C=O) groups is 1. The van der Waals surface area contributed by atoms with Gasteiger partial charge in [0.2, 0.25) is 5.91 Å². The number of amides is 1. The summed E-state index contributed by atoms with van der Waals surface area (Å²) in [7, 11) is 0. The summed E-state index contributed by atoms with van der Waals surface area (Å²) < 4.78 is 5.86. The van der Waals surface area contributed by atoms with E-state index >= 15 is 0 Å². The van der Waals surface area contributed by atoms with Gasteiger partial charge in [-0.1, -0.05) is 41.9 Å². The van der Waals surface area contributed by atoms with Gasteiger partial charge in [-0.25, -0.2) is 0 Å². The molecule has 1 aliphatic rings. The maximum absolute atomic E-state index is 11.9. The van der Waals surface area contributed by atoms with Gasteiger partial charge in [-0.2, -0.15) is 5.10 Å². The van der Waals surface area contributed by atoms with Gasteiger partial charge in [-0.3, -0.25) is 9.89 Å². The monoisotopic (exact) mass is 399 g/mol. The molecule has 5 nitrogen and oxygen atoms in total. The lowest BCUT2D eigenvalue weighted by molar-refractivity contribution is -0.113. The van der Waals surface area contributed by atoms with Crippen molar-refractivity contribution in [2.24, 2.45) is 0 Å². The standard InChI is InChI=1S/C20H18ClN3O2S/c1-12-18-19(27-11-17(25)22-20(18)24-23-12)13-6-8-15(9-7-13)26-10-14-4-2-3-5-16(14)21/h2-9,19H,10-11H2,1H3,(H2,22,23,24,25)/t19-/m0/s1. The van der Waals surface area contributed by atoms with Crippen LogP contribution in [-0.4, -0.2) is 21.9 Å². The molecule has 0 unspecified atom stereocenters. The topological polar surface area (TPSA) is 67.0 Å². The first-order valence-electron chi connectivity index (χ1n) is 8.54. The molecular formula is C20H18ClN3O2S. The first kappa shape index (κ1) is 17.9. The molecule has 138 valence electrons. The number of nitrogens with zero attached hydrogens (tertiary/aromatic N) is 1. The third-order valence-corrected chi connectivity index (χ3v) is 6.07. The Bertz CT molecular complexity index is 972. The average molecular weight is 400 g/mol. The molecule has 0 radical (unpaired) electrons. The van der Waals surface area contributed by atoms with Gasteiger partial charge in [0.25, 0.3) is 0 Å². The van der Waals surface area contributed by atoms with Gasteiger partial charge in [-0.05, 0) is 30.7 Å². The lowest BCUT2D eigenvalue weighted by atomic mass is 10.0. The number of aromatic nitrogens is 2. The molecule has 0 spiro atoms. The number of thioether (sulfide) groups is 1. The molecular weight excluding hydrogens is 382 g/mol. The van der Waals surface area contributed by atoms with Crippen LogP contribution in [0.2, 0.25) is 5.02 Å². The molecule has 0 saturated carbocycles. The zero-order valence-electron chi connectivity index (χ0n) is 14.7. The quantitative estimate of drug-likeness (QED) is 0.665. The second kappa shape index (κ2) is 7.66. The number of halogens is 1. The SMILES string of the molecule is Cc1[nH]nc2c1[C@H](c1ccc(OCc3ccccc3Cl)cc1)SCC(=O)N2. The predicted octanol–water partition coefficient (Wildman–Crippen LogP) is 4.73. The number of hydrogen-bond donors (Lipinski definition) is 2. The number of ether oxygens (including phenoxy) is 1. The van der Waals surface area contributed by atoms with Gasteiger partial charge in [0.05, 0.1) is 11.0 Å². The van der Waals surface area contributed by atoms with Crippen LogP contribution in [-0.2, 0) is 11.4 Å². The predicted molar refractivity (Wildman–Crippen MR) is 108 cm³/mol. The van der Waals surface area contributed by atoms with E-state index in [0.29, 0.717) is 23.2 Å². The van der Waals surface area contributed by atoms with E-state index < -0.39 is 0 Å². The summed E-state index contributed by atoms with van der Waals surface area (Å²) in [5.41, 5.74) is 4.04. The zero-order valence-corrected chi connectivity index (χ0v) is 16.2. The van der Waals surface area contributed by atoms with E-state index in [2.05, 4.69) is 15.5 Å². The second-order valence-corrected chi connectivity index (χ2v) is 7.80. The molecule has 1 aromatic heterocycles. The summed E-state index contributed by atoms with van der Waals surface area (Å²) in [6, 6.07) is 15.6. The maximum atomic E-state index is 11.9. The normalized spacial score (nSPS) is 16.4. The van der Waals surface area contributed by atoms with Crippen LogP contribution in [0.25, 0.3) is 0 Å². The molecule has 1 amide bonds. The number of carbonyl (C=O) groups excluding carboxylic acids is 1. The van der Waals surface area contributed by atoms with Gasteiger partial charge in [-0.15, -0.1) is 11.8 Å². The summed E-state index contributed by atoms with van der Waals surface area (Å²) in [4.78, 5) is 11.9. The van der Waals surface area contributed by atoms with Crippen LogP contribution in [0.15, 0.2) is 48.5 Å². The van der Waals surface area contributed by atoms with Crippen LogP contribution in [0, 0.1) is 6.92 Å². The van der Waals surface area contributed by atoms with Gasteiger partial charge in [0, 0.05) is 21.8 Å². The second-order valence-electron chi connectivity index (χ2n) is 6.30. The van der Waals surface area contributed by atoms with Crippen molar-refractivity contribution in [1.29, 1.82) is 0 Å². The number of rotatable bonds is 4. The fraction of sp³-hybridized carbons (Fsp3) is 0.200.